The molecule has 1 unspecified atom stereocenters. The summed E-state index contributed by atoms with van der Waals surface area (Å²) in [4.78, 5) is 25.7. The molecule has 20 heavy (non-hydrogen) atoms. The van der Waals surface area contributed by atoms with Crippen LogP contribution in [0.3, 0.4) is 0 Å². The van der Waals surface area contributed by atoms with Crippen LogP contribution >= 0.6 is 0 Å². The van der Waals surface area contributed by atoms with Crippen molar-refractivity contribution in [2.75, 3.05) is 32.7 Å². The van der Waals surface area contributed by atoms with Crippen LogP contribution in [0.1, 0.15) is 17.4 Å². The molecule has 1 heterocycles. The van der Waals surface area contributed by atoms with E-state index in [1.54, 1.807) is 7.11 Å². The maximum absolute atomic E-state index is 11.4. The molecule has 0 aliphatic rings. The molecular weight excluding hydrogens is 266 g/mol. The van der Waals surface area contributed by atoms with E-state index in [-0.39, 0.29) is 23.1 Å². The Morgan fingerprint density at radius 1 is 1.50 bits per heavy atom. The van der Waals surface area contributed by atoms with E-state index in [1.165, 1.54) is 19.2 Å². The Bertz CT molecular complexity index is 492. The van der Waals surface area contributed by atoms with Crippen LogP contribution in [-0.2, 0) is 9.47 Å². The topological polar surface area (TPSA) is 104 Å². The number of rotatable bonds is 7. The van der Waals surface area contributed by atoms with Gasteiger partial charge in [0.05, 0.1) is 18.6 Å². The number of nitrogens with one attached hydrogen (secondary N) is 1. The predicted octanol–water partition coefficient (Wildman–Crippen LogP) is 1.47. The van der Waals surface area contributed by atoms with Crippen LogP contribution in [0, 0.1) is 16.0 Å². The highest BCUT2D eigenvalue weighted by Crippen LogP contribution is 2.22. The van der Waals surface area contributed by atoms with Gasteiger partial charge in [0.15, 0.2) is 5.69 Å². The Hall–Kier alpha value is -2.22. The average Bonchev–Trinajstić information content (AvgIpc) is 2.44. The molecule has 0 aliphatic carbocycles. The van der Waals surface area contributed by atoms with Gasteiger partial charge in [-0.1, -0.05) is 6.92 Å². The number of esters is 1. The van der Waals surface area contributed by atoms with Crippen molar-refractivity contribution in [1.82, 2.24) is 4.98 Å². The lowest BCUT2D eigenvalue weighted by molar-refractivity contribution is -0.384. The molecule has 0 aromatic carbocycles. The molecule has 0 aliphatic heterocycles. The van der Waals surface area contributed by atoms with Gasteiger partial charge in [-0.25, -0.2) is 9.78 Å². The number of carbonyl (C=O) groups excluding carboxylic acids is 1. The molecule has 110 valence electrons. The lowest BCUT2D eigenvalue weighted by Crippen LogP contribution is -2.18. The van der Waals surface area contributed by atoms with E-state index in [4.69, 9.17) is 4.74 Å². The Morgan fingerprint density at radius 3 is 2.75 bits per heavy atom. The van der Waals surface area contributed by atoms with Gasteiger partial charge in [0, 0.05) is 19.7 Å². The molecule has 0 saturated carbocycles. The first kappa shape index (κ1) is 15.8. The molecule has 0 fully saturated rings. The van der Waals surface area contributed by atoms with Crippen molar-refractivity contribution in [3.63, 3.8) is 0 Å². The van der Waals surface area contributed by atoms with Crippen molar-refractivity contribution < 1.29 is 19.2 Å². The van der Waals surface area contributed by atoms with E-state index in [9.17, 15) is 14.9 Å². The van der Waals surface area contributed by atoms with E-state index < -0.39 is 10.9 Å². The Labute approximate surface area is 116 Å². The fourth-order valence-corrected chi connectivity index (χ4v) is 1.56. The van der Waals surface area contributed by atoms with Crippen molar-refractivity contribution in [3.8, 4) is 0 Å². The lowest BCUT2D eigenvalue weighted by atomic mass is 10.2. The predicted molar refractivity (Wildman–Crippen MR) is 71.8 cm³/mol. The minimum atomic E-state index is -0.645. The Kier molecular flexibility index (Phi) is 5.85. The molecule has 8 nitrogen and oxygen atoms in total. The largest absolute Gasteiger partial charge is 0.464 e. The maximum Gasteiger partial charge on any atom is 0.356 e. The van der Waals surface area contributed by atoms with Crippen molar-refractivity contribution >= 4 is 17.5 Å². The first-order valence-electron chi connectivity index (χ1n) is 5.96. The summed E-state index contributed by atoms with van der Waals surface area (Å²) in [6.45, 7) is 2.87. The van der Waals surface area contributed by atoms with Crippen molar-refractivity contribution in [2.45, 2.75) is 6.92 Å². The fourth-order valence-electron chi connectivity index (χ4n) is 1.56. The monoisotopic (exact) mass is 283 g/mol. The summed E-state index contributed by atoms with van der Waals surface area (Å²) in [7, 11) is 2.80. The van der Waals surface area contributed by atoms with Crippen molar-refractivity contribution in [3.05, 3.63) is 27.9 Å². The highest BCUT2D eigenvalue weighted by Gasteiger charge is 2.19. The van der Waals surface area contributed by atoms with Gasteiger partial charge in [0.2, 0.25) is 5.82 Å². The van der Waals surface area contributed by atoms with Crippen molar-refractivity contribution in [2.24, 2.45) is 5.92 Å². The van der Waals surface area contributed by atoms with Gasteiger partial charge in [-0.05, 0) is 12.0 Å². The third kappa shape index (κ3) is 4.16. The summed E-state index contributed by atoms with van der Waals surface area (Å²) < 4.78 is 9.52. The molecule has 1 N–H and O–H groups in total. The summed E-state index contributed by atoms with van der Waals surface area (Å²) in [6.07, 6.45) is 0. The normalized spacial score (nSPS) is 11.8. The highest BCUT2D eigenvalue weighted by molar-refractivity contribution is 5.88. The minimum Gasteiger partial charge on any atom is -0.464 e. The number of carbonyl (C=O) groups is 1. The van der Waals surface area contributed by atoms with E-state index in [2.05, 4.69) is 15.0 Å². The zero-order chi connectivity index (χ0) is 15.1. The SMILES string of the molecule is COCC(C)CNc1nc(C(=O)OC)ccc1[N+](=O)[O-]. The van der Waals surface area contributed by atoms with E-state index >= 15 is 0 Å². The van der Waals surface area contributed by atoms with Crippen LogP contribution in [0.25, 0.3) is 0 Å². The molecule has 0 radical (unpaired) electrons. The van der Waals surface area contributed by atoms with Crippen LogP contribution in [-0.4, -0.2) is 43.2 Å². The Morgan fingerprint density at radius 2 is 2.20 bits per heavy atom. The zero-order valence-electron chi connectivity index (χ0n) is 11.6. The summed E-state index contributed by atoms with van der Waals surface area (Å²) in [5.74, 6) is -0.461. The van der Waals surface area contributed by atoms with Gasteiger partial charge in [-0.15, -0.1) is 0 Å². The number of methoxy groups -OCH3 is 2. The van der Waals surface area contributed by atoms with Crippen LogP contribution in [0.15, 0.2) is 12.1 Å². The number of aromatic nitrogens is 1. The standard InChI is InChI=1S/C12H17N3O5/c1-8(7-19-2)6-13-11-10(15(17)18)5-4-9(14-11)12(16)20-3/h4-5,8H,6-7H2,1-3H3,(H,13,14). The van der Waals surface area contributed by atoms with Crippen LogP contribution in [0.4, 0.5) is 11.5 Å². The summed E-state index contributed by atoms with van der Waals surface area (Å²) in [5.41, 5.74) is -0.178. The summed E-state index contributed by atoms with van der Waals surface area (Å²) in [5, 5.41) is 13.8. The van der Waals surface area contributed by atoms with E-state index in [0.717, 1.165) is 0 Å². The van der Waals surface area contributed by atoms with Crippen LogP contribution < -0.4 is 5.32 Å². The number of hydrogen-bond acceptors (Lipinski definition) is 7. The summed E-state index contributed by atoms with van der Waals surface area (Å²) >= 11 is 0. The molecule has 1 aromatic rings. The number of pyridine rings is 1. The fraction of sp³-hybridized carbons (Fsp3) is 0.500. The van der Waals surface area contributed by atoms with Gasteiger partial charge in [-0.3, -0.25) is 10.1 Å². The molecule has 1 aromatic heterocycles. The number of ether oxygens (including phenoxy) is 2. The van der Waals surface area contributed by atoms with Crippen molar-refractivity contribution in [1.29, 1.82) is 0 Å². The summed E-state index contributed by atoms with van der Waals surface area (Å²) in [6, 6.07) is 2.48. The second-order valence-corrected chi connectivity index (χ2v) is 4.25. The number of nitrogens with zero attached hydrogens (tertiary/aromatic N) is 2. The molecule has 0 amide bonds. The molecule has 8 heteroatoms. The maximum atomic E-state index is 11.4. The van der Waals surface area contributed by atoms with Gasteiger partial charge < -0.3 is 14.8 Å². The second-order valence-electron chi connectivity index (χ2n) is 4.25. The highest BCUT2D eigenvalue weighted by atomic mass is 16.6. The smallest absolute Gasteiger partial charge is 0.356 e. The first-order chi connectivity index (χ1) is 9.49. The number of nitro groups is 1. The number of hydrogen-bond donors (Lipinski definition) is 1. The van der Waals surface area contributed by atoms with E-state index in [0.29, 0.717) is 13.2 Å². The first-order valence-corrected chi connectivity index (χ1v) is 5.96. The minimum absolute atomic E-state index is 0.0139. The molecule has 1 atom stereocenters. The zero-order valence-corrected chi connectivity index (χ0v) is 11.6. The third-order valence-corrected chi connectivity index (χ3v) is 2.53. The number of anilines is 1. The molecular formula is C12H17N3O5. The lowest BCUT2D eigenvalue weighted by Gasteiger charge is -2.12. The molecule has 0 saturated heterocycles. The molecule has 0 bridgehead atoms. The molecule has 1 rings (SSSR count). The van der Waals surface area contributed by atoms with Gasteiger partial charge >= 0.3 is 11.7 Å². The average molecular weight is 283 g/mol. The van der Waals surface area contributed by atoms with Crippen LogP contribution in [0.5, 0.6) is 0 Å². The van der Waals surface area contributed by atoms with Gasteiger partial charge in [0.1, 0.15) is 0 Å². The molecule has 0 spiro atoms. The Balaban J connectivity index is 2.94. The van der Waals surface area contributed by atoms with Gasteiger partial charge in [-0.2, -0.15) is 0 Å². The quantitative estimate of drug-likeness (QED) is 0.459. The van der Waals surface area contributed by atoms with Gasteiger partial charge in [0.25, 0.3) is 0 Å². The second kappa shape index (κ2) is 7.39. The third-order valence-electron chi connectivity index (χ3n) is 2.53. The van der Waals surface area contributed by atoms with Crippen LogP contribution in [0.2, 0.25) is 0 Å². The van der Waals surface area contributed by atoms with E-state index in [1.807, 2.05) is 6.92 Å².